The summed E-state index contributed by atoms with van der Waals surface area (Å²) in [5, 5.41) is 8.40. The third-order valence-electron chi connectivity index (χ3n) is 3.44. The van der Waals surface area contributed by atoms with Gasteiger partial charge in [0.25, 0.3) is 0 Å². The van der Waals surface area contributed by atoms with Gasteiger partial charge in [0.2, 0.25) is 0 Å². The Hall–Kier alpha value is -0.660. The Morgan fingerprint density at radius 3 is 1.92 bits per heavy atom. The average Bonchev–Trinajstić information content (AvgIpc) is 2.36. The molecule has 1 heterocycles. The fraction of sp³-hybridized carbons (Fsp3) is 0.800. The van der Waals surface area contributed by atoms with Gasteiger partial charge in [0.15, 0.2) is 0 Å². The topological polar surface area (TPSA) is 24.7 Å². The molecule has 1 fully saturated rings. The summed E-state index contributed by atoms with van der Waals surface area (Å²) in [7, 11) is 0. The largest absolute Gasteiger partial charge is 0.159 e. The van der Waals surface area contributed by atoms with Crippen LogP contribution in [0.15, 0.2) is 10.2 Å². The van der Waals surface area contributed by atoms with E-state index in [1.165, 1.54) is 43.5 Å². The van der Waals surface area contributed by atoms with Crippen LogP contribution in [0.25, 0.3) is 0 Å². The minimum absolute atomic E-state index is 0.290. The first-order chi connectivity index (χ1) is 5.76. The standard InChI is InChI=1S/C10H16N2/c1-8-10(9(2)12-11-8)6-4-3-5-7-10/h3-7H2,1-2H3. The first kappa shape index (κ1) is 7.96. The van der Waals surface area contributed by atoms with Crippen molar-refractivity contribution in [2.45, 2.75) is 46.0 Å². The Morgan fingerprint density at radius 1 is 0.917 bits per heavy atom. The molecule has 1 saturated carbocycles. The molecule has 0 N–H and O–H groups in total. The smallest absolute Gasteiger partial charge is 0.0501 e. The molecule has 1 spiro atoms. The SMILES string of the molecule is CC1=NN=C(C)C12CCCCC2. The molecular formula is C10H16N2. The average molecular weight is 164 g/mol. The Bertz CT molecular complexity index is 225. The zero-order chi connectivity index (χ0) is 8.60. The molecule has 1 aliphatic heterocycles. The summed E-state index contributed by atoms with van der Waals surface area (Å²) < 4.78 is 0. The summed E-state index contributed by atoms with van der Waals surface area (Å²) in [5.41, 5.74) is 2.79. The van der Waals surface area contributed by atoms with Gasteiger partial charge in [0, 0.05) is 11.4 Å². The third-order valence-corrected chi connectivity index (χ3v) is 3.44. The van der Waals surface area contributed by atoms with E-state index in [4.69, 9.17) is 0 Å². The highest BCUT2D eigenvalue weighted by Crippen LogP contribution is 2.41. The summed E-state index contributed by atoms with van der Waals surface area (Å²) in [6.45, 7) is 4.26. The van der Waals surface area contributed by atoms with Gasteiger partial charge >= 0.3 is 0 Å². The molecule has 12 heavy (non-hydrogen) atoms. The van der Waals surface area contributed by atoms with Crippen LogP contribution in [0.4, 0.5) is 0 Å². The molecule has 1 aliphatic carbocycles. The molecule has 2 heteroatoms. The van der Waals surface area contributed by atoms with Gasteiger partial charge in [-0.25, -0.2) is 0 Å². The van der Waals surface area contributed by atoms with Crippen molar-refractivity contribution >= 4 is 11.4 Å². The minimum Gasteiger partial charge on any atom is -0.159 e. The van der Waals surface area contributed by atoms with Crippen molar-refractivity contribution in [3.63, 3.8) is 0 Å². The van der Waals surface area contributed by atoms with Gasteiger partial charge in [-0.15, -0.1) is 0 Å². The molecule has 2 rings (SSSR count). The Labute approximate surface area is 73.8 Å². The molecule has 66 valence electrons. The zero-order valence-corrected chi connectivity index (χ0v) is 7.93. The van der Waals surface area contributed by atoms with Gasteiger partial charge in [0.05, 0.1) is 5.41 Å². The first-order valence-electron chi connectivity index (χ1n) is 4.85. The van der Waals surface area contributed by atoms with Gasteiger partial charge < -0.3 is 0 Å². The summed E-state index contributed by atoms with van der Waals surface area (Å²) in [6.07, 6.45) is 6.64. The summed E-state index contributed by atoms with van der Waals surface area (Å²) >= 11 is 0. The van der Waals surface area contributed by atoms with Crippen molar-refractivity contribution in [3.8, 4) is 0 Å². The molecule has 0 bridgehead atoms. The quantitative estimate of drug-likeness (QED) is 0.526. The molecular weight excluding hydrogens is 148 g/mol. The number of rotatable bonds is 0. The fourth-order valence-corrected chi connectivity index (χ4v) is 2.48. The van der Waals surface area contributed by atoms with Crippen LogP contribution in [0.5, 0.6) is 0 Å². The van der Waals surface area contributed by atoms with Crippen LogP contribution in [0.3, 0.4) is 0 Å². The Morgan fingerprint density at radius 2 is 1.42 bits per heavy atom. The lowest BCUT2D eigenvalue weighted by atomic mass is 9.69. The molecule has 0 atom stereocenters. The van der Waals surface area contributed by atoms with Crippen LogP contribution >= 0.6 is 0 Å². The van der Waals surface area contributed by atoms with E-state index in [1.54, 1.807) is 0 Å². The zero-order valence-electron chi connectivity index (χ0n) is 7.93. The summed E-state index contributed by atoms with van der Waals surface area (Å²) in [5.74, 6) is 0. The maximum atomic E-state index is 4.20. The van der Waals surface area contributed by atoms with Crippen molar-refractivity contribution in [3.05, 3.63) is 0 Å². The number of hydrogen-bond acceptors (Lipinski definition) is 2. The Balaban J connectivity index is 2.28. The van der Waals surface area contributed by atoms with E-state index in [9.17, 15) is 0 Å². The highest BCUT2D eigenvalue weighted by molar-refractivity contribution is 6.12. The van der Waals surface area contributed by atoms with Gasteiger partial charge in [0.1, 0.15) is 0 Å². The number of nitrogens with zero attached hydrogens (tertiary/aromatic N) is 2. The summed E-state index contributed by atoms with van der Waals surface area (Å²) in [6, 6.07) is 0. The molecule has 0 amide bonds. The molecule has 0 aromatic carbocycles. The molecule has 0 aromatic rings. The predicted molar refractivity (Wildman–Crippen MR) is 51.7 cm³/mol. The van der Waals surface area contributed by atoms with Crippen LogP contribution in [-0.2, 0) is 0 Å². The van der Waals surface area contributed by atoms with Crippen LogP contribution in [0, 0.1) is 5.41 Å². The second-order valence-corrected chi connectivity index (χ2v) is 4.01. The lowest BCUT2D eigenvalue weighted by Gasteiger charge is -2.33. The van der Waals surface area contributed by atoms with Gasteiger partial charge in [-0.1, -0.05) is 19.3 Å². The third kappa shape index (κ3) is 0.936. The lowest BCUT2D eigenvalue weighted by Crippen LogP contribution is -2.35. The normalized spacial score (nSPS) is 27.2. The maximum Gasteiger partial charge on any atom is 0.0501 e. The van der Waals surface area contributed by atoms with Crippen molar-refractivity contribution in [2.75, 3.05) is 0 Å². The molecule has 0 unspecified atom stereocenters. The van der Waals surface area contributed by atoms with E-state index >= 15 is 0 Å². The van der Waals surface area contributed by atoms with Crippen molar-refractivity contribution in [1.82, 2.24) is 0 Å². The van der Waals surface area contributed by atoms with Crippen LogP contribution in [0.2, 0.25) is 0 Å². The highest BCUT2D eigenvalue weighted by atomic mass is 15.2. The second-order valence-electron chi connectivity index (χ2n) is 4.01. The van der Waals surface area contributed by atoms with E-state index in [-0.39, 0.29) is 5.41 Å². The minimum atomic E-state index is 0.290. The molecule has 2 aliphatic rings. The van der Waals surface area contributed by atoms with Crippen LogP contribution in [0.1, 0.15) is 46.0 Å². The van der Waals surface area contributed by atoms with E-state index in [2.05, 4.69) is 24.1 Å². The van der Waals surface area contributed by atoms with E-state index in [1.807, 2.05) is 0 Å². The monoisotopic (exact) mass is 164 g/mol. The molecule has 0 radical (unpaired) electrons. The van der Waals surface area contributed by atoms with Gasteiger partial charge in [-0.05, 0) is 26.7 Å². The Kier molecular flexibility index (Phi) is 1.78. The van der Waals surface area contributed by atoms with E-state index < -0.39 is 0 Å². The molecule has 0 saturated heterocycles. The van der Waals surface area contributed by atoms with Crippen LogP contribution in [-0.4, -0.2) is 11.4 Å². The van der Waals surface area contributed by atoms with Gasteiger partial charge in [-0.2, -0.15) is 10.2 Å². The first-order valence-corrected chi connectivity index (χ1v) is 4.85. The summed E-state index contributed by atoms with van der Waals surface area (Å²) in [4.78, 5) is 0. The van der Waals surface area contributed by atoms with Crippen molar-refractivity contribution < 1.29 is 0 Å². The van der Waals surface area contributed by atoms with Crippen molar-refractivity contribution in [1.29, 1.82) is 0 Å². The van der Waals surface area contributed by atoms with E-state index in [0.717, 1.165) is 0 Å². The molecule has 2 nitrogen and oxygen atoms in total. The van der Waals surface area contributed by atoms with Crippen molar-refractivity contribution in [2.24, 2.45) is 15.6 Å². The lowest BCUT2D eigenvalue weighted by molar-refractivity contribution is 0.377. The fourth-order valence-electron chi connectivity index (χ4n) is 2.48. The highest BCUT2D eigenvalue weighted by Gasteiger charge is 2.40. The second kappa shape index (κ2) is 2.68. The predicted octanol–water partition coefficient (Wildman–Crippen LogP) is 2.79. The van der Waals surface area contributed by atoms with Gasteiger partial charge in [-0.3, -0.25) is 0 Å². The maximum absolute atomic E-state index is 4.20. The van der Waals surface area contributed by atoms with Crippen LogP contribution < -0.4 is 0 Å². The van der Waals surface area contributed by atoms with E-state index in [0.29, 0.717) is 0 Å². The molecule has 0 aromatic heterocycles. The number of hydrogen-bond donors (Lipinski definition) is 0.